The molecule has 0 unspecified atom stereocenters. The molecule has 0 aliphatic carbocycles. The fourth-order valence-corrected chi connectivity index (χ4v) is 5.45. The smallest absolute Gasteiger partial charge is 0.242 e. The van der Waals surface area contributed by atoms with E-state index in [0.29, 0.717) is 27.1 Å². The predicted molar refractivity (Wildman–Crippen MR) is 143 cm³/mol. The van der Waals surface area contributed by atoms with Crippen LogP contribution in [0.1, 0.15) is 31.7 Å². The van der Waals surface area contributed by atoms with Gasteiger partial charge < -0.3 is 10.2 Å². The van der Waals surface area contributed by atoms with Crippen LogP contribution in [-0.2, 0) is 26.2 Å². The number of nitrogens with zero attached hydrogens (tertiary/aromatic N) is 2. The molecule has 2 aromatic rings. The van der Waals surface area contributed by atoms with Gasteiger partial charge in [-0.05, 0) is 48.7 Å². The Morgan fingerprint density at radius 2 is 1.63 bits per heavy atom. The van der Waals surface area contributed by atoms with Crippen LogP contribution in [0.4, 0.5) is 5.69 Å². The number of halogens is 4. The van der Waals surface area contributed by atoms with Gasteiger partial charge in [0.1, 0.15) is 6.04 Å². The number of sulfonamides is 1. The molecule has 0 aliphatic heterocycles. The van der Waals surface area contributed by atoms with E-state index in [4.69, 9.17) is 46.4 Å². The molecule has 0 heterocycles. The monoisotopic (exact) mass is 581 g/mol. The van der Waals surface area contributed by atoms with Crippen molar-refractivity contribution in [1.82, 2.24) is 10.2 Å². The lowest BCUT2D eigenvalue weighted by atomic mass is 10.1. The van der Waals surface area contributed by atoms with E-state index in [1.54, 1.807) is 31.2 Å². The molecule has 2 aromatic carbocycles. The lowest BCUT2D eigenvalue weighted by Gasteiger charge is -2.31. The van der Waals surface area contributed by atoms with Crippen molar-refractivity contribution >= 4 is 73.9 Å². The second-order valence-electron chi connectivity index (χ2n) is 7.83. The molecule has 12 heteroatoms. The Balaban J connectivity index is 2.26. The summed E-state index contributed by atoms with van der Waals surface area (Å²) in [6, 6.07) is 8.73. The topological polar surface area (TPSA) is 86.8 Å². The third-order valence-electron chi connectivity index (χ3n) is 5.32. The van der Waals surface area contributed by atoms with Gasteiger partial charge in [-0.2, -0.15) is 0 Å². The van der Waals surface area contributed by atoms with E-state index in [-0.39, 0.29) is 48.5 Å². The maximum absolute atomic E-state index is 13.3. The van der Waals surface area contributed by atoms with Crippen LogP contribution in [0.25, 0.3) is 0 Å². The minimum absolute atomic E-state index is 0.00303. The normalized spacial score (nSPS) is 12.2. The van der Waals surface area contributed by atoms with Gasteiger partial charge in [-0.1, -0.05) is 59.4 Å². The molecule has 0 saturated heterocycles. The zero-order valence-electron chi connectivity index (χ0n) is 19.5. The van der Waals surface area contributed by atoms with Gasteiger partial charge in [0.05, 0.1) is 17.0 Å². The molecule has 0 fully saturated rings. The molecule has 1 atom stereocenters. The number of likely N-dealkylation sites (N-methyl/N-ethyl adjacent to an activating group) is 1. The fourth-order valence-electron chi connectivity index (χ4n) is 3.58. The molecular formula is C23H27Cl4N3O4S. The van der Waals surface area contributed by atoms with Crippen LogP contribution in [0, 0.1) is 0 Å². The summed E-state index contributed by atoms with van der Waals surface area (Å²) in [4.78, 5) is 27.3. The molecule has 1 N–H and O–H groups in total. The summed E-state index contributed by atoms with van der Waals surface area (Å²) < 4.78 is 26.0. The van der Waals surface area contributed by atoms with Gasteiger partial charge in [-0.25, -0.2) is 8.42 Å². The lowest BCUT2D eigenvalue weighted by molar-refractivity contribution is -0.141. The number of amides is 2. The van der Waals surface area contributed by atoms with Gasteiger partial charge in [0, 0.05) is 41.6 Å². The Morgan fingerprint density at radius 1 is 1.00 bits per heavy atom. The quantitative estimate of drug-likeness (QED) is 0.384. The first-order chi connectivity index (χ1) is 16.4. The van der Waals surface area contributed by atoms with E-state index >= 15 is 0 Å². The average Bonchev–Trinajstić information content (AvgIpc) is 2.78. The number of benzene rings is 2. The van der Waals surface area contributed by atoms with Gasteiger partial charge in [0.2, 0.25) is 21.8 Å². The third kappa shape index (κ3) is 8.15. The number of anilines is 1. The van der Waals surface area contributed by atoms with Crippen LogP contribution in [0.5, 0.6) is 0 Å². The number of nitrogens with one attached hydrogen (secondary N) is 1. The molecule has 0 aliphatic rings. The number of hydrogen-bond donors (Lipinski definition) is 1. The van der Waals surface area contributed by atoms with Crippen LogP contribution >= 0.6 is 46.4 Å². The Morgan fingerprint density at radius 3 is 2.20 bits per heavy atom. The van der Waals surface area contributed by atoms with Crippen molar-refractivity contribution in [3.8, 4) is 0 Å². The summed E-state index contributed by atoms with van der Waals surface area (Å²) in [7, 11) is -2.20. The van der Waals surface area contributed by atoms with Crippen molar-refractivity contribution in [2.24, 2.45) is 0 Å². The molecule has 35 heavy (non-hydrogen) atoms. The van der Waals surface area contributed by atoms with E-state index in [1.807, 2.05) is 0 Å². The van der Waals surface area contributed by atoms with Crippen molar-refractivity contribution in [1.29, 1.82) is 0 Å². The van der Waals surface area contributed by atoms with Crippen molar-refractivity contribution in [2.45, 2.75) is 38.8 Å². The van der Waals surface area contributed by atoms with Crippen LogP contribution < -0.4 is 9.62 Å². The van der Waals surface area contributed by atoms with Crippen molar-refractivity contribution < 1.29 is 18.0 Å². The van der Waals surface area contributed by atoms with Crippen molar-refractivity contribution in [3.05, 3.63) is 62.1 Å². The highest BCUT2D eigenvalue weighted by atomic mass is 35.5. The first kappa shape index (κ1) is 29.5. The van der Waals surface area contributed by atoms with Crippen molar-refractivity contribution in [3.63, 3.8) is 0 Å². The molecule has 2 amide bonds. The Labute approximate surface area is 226 Å². The molecule has 192 valence electrons. The van der Waals surface area contributed by atoms with Crippen LogP contribution in [0.15, 0.2) is 36.4 Å². The summed E-state index contributed by atoms with van der Waals surface area (Å²) in [5.74, 6) is -0.633. The number of hydrogen-bond acceptors (Lipinski definition) is 4. The molecule has 7 nitrogen and oxygen atoms in total. The first-order valence-corrected chi connectivity index (χ1v) is 14.1. The van der Waals surface area contributed by atoms with Crippen LogP contribution in [-0.4, -0.2) is 51.0 Å². The highest BCUT2D eigenvalue weighted by Gasteiger charge is 2.29. The molecule has 0 spiro atoms. The standard InChI is InChI=1S/C23H27Cl4N3O4S/c1-4-20(23(32)28-2)29(14-15-7-8-16(24)12-19(15)27)22(31)6-5-11-30(35(3,33)34)21-13-17(25)9-10-18(21)26/h7-10,12-13,20H,4-6,11,14H2,1-3H3,(H,28,32)/t20-/m1/s1. The number of carbonyl (C=O) groups is 2. The zero-order valence-corrected chi connectivity index (χ0v) is 23.4. The summed E-state index contributed by atoms with van der Waals surface area (Å²) >= 11 is 24.5. The molecule has 0 radical (unpaired) electrons. The van der Waals surface area contributed by atoms with Gasteiger partial charge in [-0.3, -0.25) is 13.9 Å². The maximum atomic E-state index is 13.3. The van der Waals surface area contributed by atoms with E-state index in [1.165, 1.54) is 24.1 Å². The van der Waals surface area contributed by atoms with Crippen molar-refractivity contribution in [2.75, 3.05) is 24.2 Å². The molecule has 2 rings (SSSR count). The van der Waals surface area contributed by atoms with Gasteiger partial charge in [0.15, 0.2) is 0 Å². The molecule has 0 bridgehead atoms. The zero-order chi connectivity index (χ0) is 26.3. The number of rotatable bonds is 11. The third-order valence-corrected chi connectivity index (χ3v) is 7.64. The molecule has 0 aromatic heterocycles. The SMILES string of the molecule is CC[C@H](C(=O)NC)N(Cc1ccc(Cl)cc1Cl)C(=O)CCCN(c1cc(Cl)ccc1Cl)S(C)(=O)=O. The predicted octanol–water partition coefficient (Wildman–Crippen LogP) is 5.40. The van der Waals surface area contributed by atoms with Gasteiger partial charge in [0.25, 0.3) is 0 Å². The minimum Gasteiger partial charge on any atom is -0.357 e. The average molecular weight is 583 g/mol. The van der Waals surface area contributed by atoms with E-state index in [0.717, 1.165) is 10.6 Å². The Kier molecular flexibility index (Phi) is 11.0. The molecule has 0 saturated carbocycles. The highest BCUT2D eigenvalue weighted by molar-refractivity contribution is 7.92. The van der Waals surface area contributed by atoms with Gasteiger partial charge >= 0.3 is 0 Å². The second-order valence-corrected chi connectivity index (χ2v) is 11.4. The van der Waals surface area contributed by atoms with Crippen LogP contribution in [0.3, 0.4) is 0 Å². The van der Waals surface area contributed by atoms with E-state index in [2.05, 4.69) is 5.32 Å². The Hall–Kier alpha value is -1.71. The first-order valence-electron chi connectivity index (χ1n) is 10.8. The summed E-state index contributed by atoms with van der Waals surface area (Å²) in [6.45, 7) is 1.89. The second kappa shape index (κ2) is 13.0. The van der Waals surface area contributed by atoms with Crippen LogP contribution in [0.2, 0.25) is 20.1 Å². The largest absolute Gasteiger partial charge is 0.357 e. The lowest BCUT2D eigenvalue weighted by Crippen LogP contribution is -2.48. The Bertz CT molecular complexity index is 1180. The summed E-state index contributed by atoms with van der Waals surface area (Å²) in [5.41, 5.74) is 0.867. The fraction of sp³-hybridized carbons (Fsp3) is 0.391. The van der Waals surface area contributed by atoms with Gasteiger partial charge in [-0.15, -0.1) is 0 Å². The summed E-state index contributed by atoms with van der Waals surface area (Å²) in [5, 5.41) is 3.96. The number of carbonyl (C=O) groups excluding carboxylic acids is 2. The summed E-state index contributed by atoms with van der Waals surface area (Å²) in [6.07, 6.45) is 1.61. The molecular weight excluding hydrogens is 556 g/mol. The van der Waals surface area contributed by atoms with E-state index in [9.17, 15) is 18.0 Å². The maximum Gasteiger partial charge on any atom is 0.242 e. The highest BCUT2D eigenvalue weighted by Crippen LogP contribution is 2.31. The van der Waals surface area contributed by atoms with E-state index < -0.39 is 16.1 Å². The minimum atomic E-state index is -3.70.